The average molecular weight is 283 g/mol. The predicted octanol–water partition coefficient (Wildman–Crippen LogP) is 1.57. The molecule has 0 radical (unpaired) electrons. The van der Waals surface area contributed by atoms with E-state index in [4.69, 9.17) is 0 Å². The van der Waals surface area contributed by atoms with Gasteiger partial charge in [0.25, 0.3) is 5.91 Å². The maximum atomic E-state index is 12.4. The molecule has 1 aromatic heterocycles. The van der Waals surface area contributed by atoms with Gasteiger partial charge in [-0.1, -0.05) is 24.3 Å². The third-order valence-electron chi connectivity index (χ3n) is 3.90. The van der Waals surface area contributed by atoms with Gasteiger partial charge in [0.1, 0.15) is 11.7 Å². The summed E-state index contributed by atoms with van der Waals surface area (Å²) in [4.78, 5) is 29.0. The Labute approximate surface area is 122 Å². The zero-order valence-electron chi connectivity index (χ0n) is 12.0. The number of nitrogens with one attached hydrogen (secondary N) is 2. The van der Waals surface area contributed by atoms with Crippen molar-refractivity contribution in [1.82, 2.24) is 15.2 Å². The highest BCUT2D eigenvalue weighted by atomic mass is 16.2. The third kappa shape index (κ3) is 2.20. The third-order valence-corrected chi connectivity index (χ3v) is 3.90. The topological polar surface area (TPSA) is 65.2 Å². The van der Waals surface area contributed by atoms with Crippen LogP contribution >= 0.6 is 0 Å². The molecule has 2 amide bonds. The fourth-order valence-electron chi connectivity index (χ4n) is 2.78. The minimum absolute atomic E-state index is 0.0898. The van der Waals surface area contributed by atoms with Crippen molar-refractivity contribution < 1.29 is 9.59 Å². The summed E-state index contributed by atoms with van der Waals surface area (Å²) in [5.74, 6) is -0.294. The first-order chi connectivity index (χ1) is 10.1. The monoisotopic (exact) mass is 283 g/mol. The number of aromatic amines is 1. The zero-order chi connectivity index (χ0) is 15.0. The molecule has 0 spiro atoms. The van der Waals surface area contributed by atoms with Crippen LogP contribution in [0.4, 0.5) is 0 Å². The van der Waals surface area contributed by atoms with Crippen molar-refractivity contribution in [3.8, 4) is 0 Å². The Hall–Kier alpha value is -2.56. The van der Waals surface area contributed by atoms with E-state index in [1.165, 1.54) is 4.90 Å². The van der Waals surface area contributed by atoms with Crippen LogP contribution in [0.5, 0.6) is 0 Å². The minimum atomic E-state index is -0.523. The van der Waals surface area contributed by atoms with Crippen LogP contribution in [0.3, 0.4) is 0 Å². The van der Waals surface area contributed by atoms with Gasteiger partial charge in [-0.3, -0.25) is 9.59 Å². The summed E-state index contributed by atoms with van der Waals surface area (Å²) >= 11 is 0. The molecule has 0 bridgehead atoms. The molecule has 1 aromatic carbocycles. The number of carbonyl (C=O) groups is 2. The van der Waals surface area contributed by atoms with Gasteiger partial charge in [-0.2, -0.15) is 0 Å². The lowest BCUT2D eigenvalue weighted by Crippen LogP contribution is -2.56. The van der Waals surface area contributed by atoms with E-state index < -0.39 is 6.04 Å². The maximum Gasteiger partial charge on any atom is 0.268 e. The van der Waals surface area contributed by atoms with Crippen LogP contribution in [-0.4, -0.2) is 34.8 Å². The van der Waals surface area contributed by atoms with Gasteiger partial charge in [-0.25, -0.2) is 0 Å². The number of likely N-dealkylation sites (N-methyl/N-ethyl adjacent to an activating group) is 1. The lowest BCUT2D eigenvalue weighted by atomic mass is 10.0. The van der Waals surface area contributed by atoms with Crippen molar-refractivity contribution in [2.45, 2.75) is 19.4 Å². The van der Waals surface area contributed by atoms with E-state index in [2.05, 4.69) is 10.3 Å². The van der Waals surface area contributed by atoms with Crippen molar-refractivity contribution >= 4 is 22.7 Å². The van der Waals surface area contributed by atoms with Crippen LogP contribution in [0.15, 0.2) is 42.2 Å². The van der Waals surface area contributed by atoms with E-state index in [1.54, 1.807) is 20.0 Å². The average Bonchev–Trinajstić information content (AvgIpc) is 2.88. The Morgan fingerprint density at radius 2 is 2.05 bits per heavy atom. The molecule has 21 heavy (non-hydrogen) atoms. The number of aromatic nitrogens is 1. The Kier molecular flexibility index (Phi) is 3.25. The number of benzene rings is 1. The lowest BCUT2D eigenvalue weighted by molar-refractivity contribution is -0.138. The summed E-state index contributed by atoms with van der Waals surface area (Å²) in [6, 6.07) is 7.40. The van der Waals surface area contributed by atoms with Crippen molar-refractivity contribution in [1.29, 1.82) is 0 Å². The number of allylic oxidation sites excluding steroid dienone is 1. The maximum absolute atomic E-state index is 12.4. The van der Waals surface area contributed by atoms with Gasteiger partial charge in [0.15, 0.2) is 0 Å². The van der Waals surface area contributed by atoms with Gasteiger partial charge in [-0.05, 0) is 18.6 Å². The van der Waals surface area contributed by atoms with Crippen molar-refractivity contribution in [3.63, 3.8) is 0 Å². The molecule has 1 aliphatic rings. The number of hydrogen-bond acceptors (Lipinski definition) is 2. The standard InChI is InChI=1S/C16H17N3O2/c1-3-14-15(20)18-13(16(21)19(14)2)8-10-9-17-12-7-5-4-6-11(10)12/h3-7,9,13,17H,8H2,1-2H3,(H,18,20)/b14-3-. The van der Waals surface area contributed by atoms with Crippen LogP contribution < -0.4 is 5.32 Å². The normalized spacial score (nSPS) is 21.1. The van der Waals surface area contributed by atoms with Crippen molar-refractivity contribution in [2.75, 3.05) is 7.05 Å². The molecule has 0 aliphatic carbocycles. The molecule has 1 unspecified atom stereocenters. The summed E-state index contributed by atoms with van der Waals surface area (Å²) in [5, 5.41) is 3.87. The van der Waals surface area contributed by atoms with E-state index in [-0.39, 0.29) is 11.8 Å². The number of rotatable bonds is 2. The molecule has 0 saturated carbocycles. The number of piperazine rings is 1. The molecular weight excluding hydrogens is 266 g/mol. The number of H-pyrrole nitrogens is 1. The minimum Gasteiger partial charge on any atom is -0.361 e. The number of carbonyl (C=O) groups excluding carboxylic acids is 2. The Balaban J connectivity index is 1.88. The van der Waals surface area contributed by atoms with Gasteiger partial charge in [0.2, 0.25) is 5.91 Å². The molecule has 1 atom stereocenters. The summed E-state index contributed by atoms with van der Waals surface area (Å²) in [5.41, 5.74) is 2.46. The van der Waals surface area contributed by atoms with Crippen LogP contribution in [0.25, 0.3) is 10.9 Å². The largest absolute Gasteiger partial charge is 0.361 e. The molecule has 1 aliphatic heterocycles. The molecule has 1 saturated heterocycles. The molecule has 2 N–H and O–H groups in total. The first kappa shape index (κ1) is 13.4. The Bertz CT molecular complexity index is 745. The lowest BCUT2D eigenvalue weighted by Gasteiger charge is -2.31. The molecule has 2 heterocycles. The Morgan fingerprint density at radius 3 is 2.81 bits per heavy atom. The molecule has 2 aromatic rings. The smallest absolute Gasteiger partial charge is 0.268 e. The van der Waals surface area contributed by atoms with E-state index >= 15 is 0 Å². The van der Waals surface area contributed by atoms with E-state index in [9.17, 15) is 9.59 Å². The molecular formula is C16H17N3O2. The highest BCUT2D eigenvalue weighted by Crippen LogP contribution is 2.21. The molecule has 5 nitrogen and oxygen atoms in total. The summed E-state index contributed by atoms with van der Waals surface area (Å²) in [7, 11) is 1.64. The number of fused-ring (bicyclic) bond motifs is 1. The molecule has 108 valence electrons. The fourth-order valence-corrected chi connectivity index (χ4v) is 2.78. The van der Waals surface area contributed by atoms with E-state index in [1.807, 2.05) is 30.5 Å². The van der Waals surface area contributed by atoms with Gasteiger partial charge in [0.05, 0.1) is 0 Å². The molecule has 1 fully saturated rings. The quantitative estimate of drug-likeness (QED) is 0.822. The molecule has 5 heteroatoms. The first-order valence-electron chi connectivity index (χ1n) is 6.91. The highest BCUT2D eigenvalue weighted by Gasteiger charge is 2.34. The summed E-state index contributed by atoms with van der Waals surface area (Å²) in [6.45, 7) is 1.75. The zero-order valence-corrected chi connectivity index (χ0v) is 12.0. The SMILES string of the molecule is C/C=C1/C(=O)NC(Cc2c[nH]c3ccccc23)C(=O)N1C. The van der Waals surface area contributed by atoms with Gasteiger partial charge in [0, 0.05) is 30.6 Å². The second kappa shape index (κ2) is 5.09. The van der Waals surface area contributed by atoms with E-state index in [0.29, 0.717) is 12.1 Å². The highest BCUT2D eigenvalue weighted by molar-refractivity contribution is 6.04. The number of amides is 2. The van der Waals surface area contributed by atoms with Crippen molar-refractivity contribution in [3.05, 3.63) is 47.8 Å². The number of para-hydroxylation sites is 1. The molecule has 3 rings (SSSR count). The van der Waals surface area contributed by atoms with Crippen LogP contribution in [0, 0.1) is 0 Å². The van der Waals surface area contributed by atoms with Gasteiger partial charge < -0.3 is 15.2 Å². The predicted molar refractivity (Wildman–Crippen MR) is 80.5 cm³/mol. The van der Waals surface area contributed by atoms with Gasteiger partial charge >= 0.3 is 0 Å². The second-order valence-corrected chi connectivity index (χ2v) is 5.16. The summed E-state index contributed by atoms with van der Waals surface area (Å²) < 4.78 is 0. The fraction of sp³-hybridized carbons (Fsp3) is 0.250. The number of nitrogens with zero attached hydrogens (tertiary/aromatic N) is 1. The first-order valence-corrected chi connectivity index (χ1v) is 6.91. The number of hydrogen-bond donors (Lipinski definition) is 2. The van der Waals surface area contributed by atoms with E-state index in [0.717, 1.165) is 16.5 Å². The second-order valence-electron chi connectivity index (χ2n) is 5.16. The van der Waals surface area contributed by atoms with Crippen LogP contribution in [0.2, 0.25) is 0 Å². The Morgan fingerprint density at radius 1 is 1.29 bits per heavy atom. The van der Waals surface area contributed by atoms with Crippen LogP contribution in [-0.2, 0) is 16.0 Å². The van der Waals surface area contributed by atoms with Crippen molar-refractivity contribution in [2.24, 2.45) is 0 Å². The van der Waals surface area contributed by atoms with Gasteiger partial charge in [-0.15, -0.1) is 0 Å². The summed E-state index contributed by atoms with van der Waals surface area (Å²) in [6.07, 6.45) is 4.03. The van der Waals surface area contributed by atoms with Crippen LogP contribution in [0.1, 0.15) is 12.5 Å².